The number of ether oxygens (including phenoxy) is 2. The first-order valence-electron chi connectivity index (χ1n) is 5.61. The minimum absolute atomic E-state index is 0.0102. The van der Waals surface area contributed by atoms with E-state index in [1.165, 1.54) is 13.3 Å². The largest absolute Gasteiger partial charge is 0.466 e. The lowest BCUT2D eigenvalue weighted by Crippen LogP contribution is -2.25. The van der Waals surface area contributed by atoms with Crippen molar-refractivity contribution < 1.29 is 23.9 Å². The molecule has 7 heteroatoms. The molecule has 0 atom stereocenters. The Labute approximate surface area is 106 Å². The molecule has 0 fully saturated rings. The Morgan fingerprint density at radius 1 is 1.17 bits per heavy atom. The number of amides is 1. The summed E-state index contributed by atoms with van der Waals surface area (Å²) in [6.07, 6.45) is 1.19. The quantitative estimate of drug-likeness (QED) is 0.284. The highest BCUT2D eigenvalue weighted by atomic mass is 16.5. The zero-order chi connectivity index (χ0) is 14.0. The minimum Gasteiger partial charge on any atom is -0.466 e. The number of hydrogen-bond donors (Lipinski definition) is 0. The van der Waals surface area contributed by atoms with Gasteiger partial charge in [0, 0.05) is 13.5 Å². The summed E-state index contributed by atoms with van der Waals surface area (Å²) in [5, 5.41) is 4.71. The molecule has 0 aromatic heterocycles. The maximum absolute atomic E-state index is 11.4. The van der Waals surface area contributed by atoms with Crippen LogP contribution >= 0.6 is 0 Å². The van der Waals surface area contributed by atoms with E-state index in [9.17, 15) is 14.4 Å². The summed E-state index contributed by atoms with van der Waals surface area (Å²) in [5.41, 5.74) is 0. The predicted molar refractivity (Wildman–Crippen MR) is 63.8 cm³/mol. The molecule has 0 rings (SSSR count). The van der Waals surface area contributed by atoms with Gasteiger partial charge < -0.3 is 9.47 Å². The lowest BCUT2D eigenvalue weighted by atomic mass is 10.4. The van der Waals surface area contributed by atoms with Crippen LogP contribution in [0.2, 0.25) is 0 Å². The number of hydrazone groups is 1. The first-order valence-corrected chi connectivity index (χ1v) is 5.61. The van der Waals surface area contributed by atoms with Crippen molar-refractivity contribution in [1.29, 1.82) is 0 Å². The summed E-state index contributed by atoms with van der Waals surface area (Å²) in [6.45, 7) is 3.55. The zero-order valence-corrected chi connectivity index (χ0v) is 10.8. The average molecular weight is 258 g/mol. The van der Waals surface area contributed by atoms with Crippen LogP contribution < -0.4 is 0 Å². The lowest BCUT2D eigenvalue weighted by molar-refractivity contribution is -0.148. The van der Waals surface area contributed by atoms with Gasteiger partial charge in [-0.3, -0.25) is 14.4 Å². The van der Waals surface area contributed by atoms with Crippen LogP contribution in [0.1, 0.15) is 26.7 Å². The molecule has 102 valence electrons. The van der Waals surface area contributed by atoms with Crippen LogP contribution in [0.5, 0.6) is 0 Å². The molecular weight excluding hydrogens is 240 g/mol. The van der Waals surface area contributed by atoms with Gasteiger partial charge in [-0.05, 0) is 6.92 Å². The van der Waals surface area contributed by atoms with Crippen molar-refractivity contribution in [3.63, 3.8) is 0 Å². The summed E-state index contributed by atoms with van der Waals surface area (Å²) in [7, 11) is 1.40. The fourth-order valence-electron chi connectivity index (χ4n) is 0.902. The van der Waals surface area contributed by atoms with Gasteiger partial charge in [0.05, 0.1) is 12.8 Å². The number of rotatable bonds is 7. The second-order valence-electron chi connectivity index (χ2n) is 3.23. The normalized spacial score (nSPS) is 10.2. The second-order valence-corrected chi connectivity index (χ2v) is 3.23. The van der Waals surface area contributed by atoms with E-state index in [0.717, 1.165) is 5.01 Å². The molecule has 0 unspecified atom stereocenters. The monoisotopic (exact) mass is 258 g/mol. The fourth-order valence-corrected chi connectivity index (χ4v) is 0.902. The molecular formula is C11H18N2O5. The molecule has 0 heterocycles. The third kappa shape index (κ3) is 7.37. The Balaban J connectivity index is 3.96. The van der Waals surface area contributed by atoms with Crippen LogP contribution in [-0.2, 0) is 23.9 Å². The van der Waals surface area contributed by atoms with E-state index in [-0.39, 0.29) is 32.0 Å². The van der Waals surface area contributed by atoms with Gasteiger partial charge in [-0.1, -0.05) is 6.92 Å². The van der Waals surface area contributed by atoms with E-state index in [1.807, 2.05) is 0 Å². The fraction of sp³-hybridized carbons (Fsp3) is 0.636. The van der Waals surface area contributed by atoms with E-state index < -0.39 is 11.9 Å². The second kappa shape index (κ2) is 9.15. The minimum atomic E-state index is -0.595. The summed E-state index contributed by atoms with van der Waals surface area (Å²) in [4.78, 5) is 33.2. The van der Waals surface area contributed by atoms with Crippen LogP contribution in [0.25, 0.3) is 0 Å². The maximum Gasteiger partial charge on any atom is 0.315 e. The number of hydrogen-bond acceptors (Lipinski definition) is 6. The van der Waals surface area contributed by atoms with Gasteiger partial charge in [0.1, 0.15) is 13.0 Å². The Morgan fingerprint density at radius 2 is 1.83 bits per heavy atom. The molecule has 0 spiro atoms. The van der Waals surface area contributed by atoms with Gasteiger partial charge in [0.15, 0.2) is 0 Å². The maximum atomic E-state index is 11.4. The Hall–Kier alpha value is -1.92. The number of nitrogens with zero attached hydrogens (tertiary/aromatic N) is 2. The van der Waals surface area contributed by atoms with Crippen molar-refractivity contribution >= 4 is 24.1 Å². The molecule has 7 nitrogen and oxygen atoms in total. The average Bonchev–Trinajstić information content (AvgIpc) is 2.34. The van der Waals surface area contributed by atoms with E-state index >= 15 is 0 Å². The van der Waals surface area contributed by atoms with Gasteiger partial charge in [0.2, 0.25) is 0 Å². The topological polar surface area (TPSA) is 85.3 Å². The van der Waals surface area contributed by atoms with E-state index in [4.69, 9.17) is 4.74 Å². The highest BCUT2D eigenvalue weighted by molar-refractivity contribution is 5.94. The summed E-state index contributed by atoms with van der Waals surface area (Å²) in [6, 6.07) is 0. The van der Waals surface area contributed by atoms with E-state index in [2.05, 4.69) is 9.84 Å². The molecule has 0 saturated heterocycles. The van der Waals surface area contributed by atoms with Crippen LogP contribution in [0.15, 0.2) is 5.10 Å². The van der Waals surface area contributed by atoms with Gasteiger partial charge in [-0.15, -0.1) is 0 Å². The van der Waals surface area contributed by atoms with Crippen molar-refractivity contribution in [2.45, 2.75) is 26.7 Å². The van der Waals surface area contributed by atoms with E-state index in [0.29, 0.717) is 0 Å². The summed E-state index contributed by atoms with van der Waals surface area (Å²) < 4.78 is 9.35. The molecule has 0 aromatic carbocycles. The third-order valence-electron chi connectivity index (χ3n) is 1.82. The SMILES string of the molecule is CCOC(=O)CC(=O)N(C)/N=C/COC(=O)CC. The molecule has 0 radical (unpaired) electrons. The molecule has 0 saturated carbocycles. The molecule has 0 N–H and O–H groups in total. The number of carbonyl (C=O) groups excluding carboxylic acids is 3. The molecule has 18 heavy (non-hydrogen) atoms. The predicted octanol–water partition coefficient (Wildman–Crippen LogP) is 0.337. The van der Waals surface area contributed by atoms with Crippen molar-refractivity contribution in [1.82, 2.24) is 5.01 Å². The number of carbonyl (C=O) groups is 3. The Bertz CT molecular complexity index is 327. The molecule has 0 bridgehead atoms. The van der Waals surface area contributed by atoms with Gasteiger partial charge >= 0.3 is 11.9 Å². The summed E-state index contributed by atoms with van der Waals surface area (Å²) >= 11 is 0. The molecule has 1 amide bonds. The van der Waals surface area contributed by atoms with Crippen molar-refractivity contribution in [3.8, 4) is 0 Å². The van der Waals surface area contributed by atoms with Crippen LogP contribution in [0, 0.1) is 0 Å². The first-order chi connectivity index (χ1) is 8.51. The molecule has 0 aliphatic rings. The standard InChI is InChI=1S/C11H18N2O5/c1-4-10(15)18-7-6-12-13(3)9(14)8-11(16)17-5-2/h6H,4-5,7-8H2,1-3H3/b12-6+. The van der Waals surface area contributed by atoms with Crippen LogP contribution in [0.3, 0.4) is 0 Å². The number of esters is 2. The van der Waals surface area contributed by atoms with Crippen molar-refractivity contribution in [2.75, 3.05) is 20.3 Å². The first kappa shape index (κ1) is 16.1. The lowest BCUT2D eigenvalue weighted by Gasteiger charge is -2.10. The van der Waals surface area contributed by atoms with Crippen molar-refractivity contribution in [2.24, 2.45) is 5.10 Å². The van der Waals surface area contributed by atoms with Gasteiger partial charge in [0.25, 0.3) is 5.91 Å². The van der Waals surface area contributed by atoms with Crippen molar-refractivity contribution in [3.05, 3.63) is 0 Å². The Morgan fingerprint density at radius 3 is 2.39 bits per heavy atom. The van der Waals surface area contributed by atoms with Gasteiger partial charge in [-0.25, -0.2) is 5.01 Å². The zero-order valence-electron chi connectivity index (χ0n) is 10.8. The highest BCUT2D eigenvalue weighted by Gasteiger charge is 2.13. The molecule has 0 aromatic rings. The molecule has 0 aliphatic heterocycles. The Kier molecular flexibility index (Phi) is 8.17. The smallest absolute Gasteiger partial charge is 0.315 e. The third-order valence-corrected chi connectivity index (χ3v) is 1.82. The van der Waals surface area contributed by atoms with E-state index in [1.54, 1.807) is 13.8 Å². The summed E-state index contributed by atoms with van der Waals surface area (Å²) in [5.74, 6) is -1.43. The molecule has 0 aliphatic carbocycles. The van der Waals surface area contributed by atoms with Crippen LogP contribution in [-0.4, -0.2) is 49.3 Å². The van der Waals surface area contributed by atoms with Crippen LogP contribution in [0.4, 0.5) is 0 Å². The van der Waals surface area contributed by atoms with Gasteiger partial charge in [-0.2, -0.15) is 5.10 Å². The highest BCUT2D eigenvalue weighted by Crippen LogP contribution is 1.94.